The highest BCUT2D eigenvalue weighted by molar-refractivity contribution is 5.97. The molecule has 2 amide bonds. The zero-order valence-electron chi connectivity index (χ0n) is 16.8. The van der Waals surface area contributed by atoms with Crippen molar-refractivity contribution in [3.05, 3.63) is 30.5 Å². The monoisotopic (exact) mass is 394 g/mol. The lowest BCUT2D eigenvalue weighted by Crippen LogP contribution is -2.45. The van der Waals surface area contributed by atoms with Crippen LogP contribution in [0, 0.1) is 5.41 Å². The van der Waals surface area contributed by atoms with E-state index >= 15 is 0 Å². The Bertz CT molecular complexity index is 791. The van der Waals surface area contributed by atoms with Crippen molar-refractivity contribution in [2.24, 2.45) is 11.1 Å². The van der Waals surface area contributed by atoms with Gasteiger partial charge in [-0.1, -0.05) is 20.8 Å². The van der Waals surface area contributed by atoms with E-state index in [2.05, 4.69) is 5.32 Å². The molecule has 0 aliphatic carbocycles. The molecule has 3 N–H and O–H groups in total. The number of likely N-dealkylation sites (N-methyl/N-ethyl adjacent to an activating group) is 1. The summed E-state index contributed by atoms with van der Waals surface area (Å²) in [5.74, 6) is -0.103. The van der Waals surface area contributed by atoms with Crippen LogP contribution >= 0.6 is 12.4 Å². The summed E-state index contributed by atoms with van der Waals surface area (Å²) in [6.45, 7) is 11.5. The zero-order chi connectivity index (χ0) is 19.5. The molecule has 0 aliphatic heterocycles. The minimum absolute atomic E-state index is 0. The van der Waals surface area contributed by atoms with E-state index in [1.165, 1.54) is 0 Å². The van der Waals surface area contributed by atoms with Gasteiger partial charge in [0, 0.05) is 35.9 Å². The second-order valence-corrected chi connectivity index (χ2v) is 7.62. The molecule has 1 aromatic carbocycles. The number of fused-ring (bicyclic) bond motifs is 1. The number of hydrogen-bond donors (Lipinski definition) is 2. The standard InChI is InChI=1S/C20H30N4O2.ClH/c1-6-23(7-2)17(25)13-24-11-10-14-12-15(8-9-16(14)24)22-19(26)18(21)20(3,4)5;/h8-12,18H,6-7,13,21H2,1-5H3,(H,22,26);1H/t18-;/m1./s1. The fourth-order valence-corrected chi connectivity index (χ4v) is 2.85. The molecule has 0 radical (unpaired) electrons. The van der Waals surface area contributed by atoms with E-state index in [9.17, 15) is 9.59 Å². The Morgan fingerprint density at radius 3 is 2.37 bits per heavy atom. The summed E-state index contributed by atoms with van der Waals surface area (Å²) in [5, 5.41) is 3.85. The molecule has 0 bridgehead atoms. The maximum absolute atomic E-state index is 12.3. The van der Waals surface area contributed by atoms with Crippen LogP contribution in [0.2, 0.25) is 0 Å². The molecule has 0 saturated carbocycles. The fourth-order valence-electron chi connectivity index (χ4n) is 2.85. The summed E-state index contributed by atoms with van der Waals surface area (Å²) in [5.41, 5.74) is 7.37. The quantitative estimate of drug-likeness (QED) is 0.789. The number of carbonyl (C=O) groups excluding carboxylic acids is 2. The Kier molecular flexibility index (Phi) is 7.87. The second-order valence-electron chi connectivity index (χ2n) is 7.62. The molecule has 1 atom stereocenters. The third-order valence-corrected chi connectivity index (χ3v) is 4.68. The summed E-state index contributed by atoms with van der Waals surface area (Å²) >= 11 is 0. The number of halogens is 1. The van der Waals surface area contributed by atoms with Crippen molar-refractivity contribution in [3.8, 4) is 0 Å². The van der Waals surface area contributed by atoms with Gasteiger partial charge in [0.15, 0.2) is 0 Å². The summed E-state index contributed by atoms with van der Waals surface area (Å²) in [6, 6.07) is 7.02. The number of rotatable bonds is 6. The number of nitrogens with two attached hydrogens (primary N) is 1. The molecule has 1 aromatic heterocycles. The number of carbonyl (C=O) groups is 2. The van der Waals surface area contributed by atoms with Crippen LogP contribution in [0.1, 0.15) is 34.6 Å². The van der Waals surface area contributed by atoms with E-state index in [1.807, 2.05) is 74.5 Å². The Labute approximate surface area is 167 Å². The number of nitrogens with one attached hydrogen (secondary N) is 1. The minimum Gasteiger partial charge on any atom is -0.342 e. The summed E-state index contributed by atoms with van der Waals surface area (Å²) in [6.07, 6.45) is 1.90. The maximum Gasteiger partial charge on any atom is 0.242 e. The first-order valence-electron chi connectivity index (χ1n) is 9.10. The van der Waals surface area contributed by atoms with Gasteiger partial charge in [0.25, 0.3) is 0 Å². The molecule has 0 fully saturated rings. The van der Waals surface area contributed by atoms with E-state index in [4.69, 9.17) is 5.73 Å². The lowest BCUT2D eigenvalue weighted by Gasteiger charge is -2.25. The Hall–Kier alpha value is -2.05. The Morgan fingerprint density at radius 2 is 1.81 bits per heavy atom. The molecule has 27 heavy (non-hydrogen) atoms. The van der Waals surface area contributed by atoms with Gasteiger partial charge in [-0.05, 0) is 43.5 Å². The number of hydrogen-bond acceptors (Lipinski definition) is 3. The first kappa shape index (κ1) is 23.0. The van der Waals surface area contributed by atoms with Crippen LogP contribution in [0.15, 0.2) is 30.5 Å². The second kappa shape index (κ2) is 9.24. The molecule has 0 aliphatic rings. The van der Waals surface area contributed by atoms with Crippen LogP contribution in [0.3, 0.4) is 0 Å². The topological polar surface area (TPSA) is 80.4 Å². The van der Waals surface area contributed by atoms with Gasteiger partial charge < -0.3 is 20.5 Å². The van der Waals surface area contributed by atoms with Crippen LogP contribution in [-0.4, -0.2) is 40.4 Å². The normalized spacial score (nSPS) is 12.4. The van der Waals surface area contributed by atoms with Crippen molar-refractivity contribution < 1.29 is 9.59 Å². The number of amides is 2. The van der Waals surface area contributed by atoms with Gasteiger partial charge in [-0.15, -0.1) is 12.4 Å². The van der Waals surface area contributed by atoms with Crippen LogP contribution in [0.5, 0.6) is 0 Å². The molecule has 2 aromatic rings. The summed E-state index contributed by atoms with van der Waals surface area (Å²) < 4.78 is 1.93. The first-order chi connectivity index (χ1) is 12.2. The highest BCUT2D eigenvalue weighted by Gasteiger charge is 2.27. The van der Waals surface area contributed by atoms with E-state index in [0.717, 1.165) is 10.9 Å². The van der Waals surface area contributed by atoms with Crippen LogP contribution in [0.25, 0.3) is 10.9 Å². The molecule has 0 spiro atoms. The van der Waals surface area contributed by atoms with Crippen molar-refractivity contribution in [2.45, 2.75) is 47.2 Å². The van der Waals surface area contributed by atoms with E-state index in [0.29, 0.717) is 25.3 Å². The molecule has 1 heterocycles. The lowest BCUT2D eigenvalue weighted by molar-refractivity contribution is -0.131. The van der Waals surface area contributed by atoms with Gasteiger partial charge in [0.1, 0.15) is 6.54 Å². The summed E-state index contributed by atoms with van der Waals surface area (Å²) in [4.78, 5) is 26.4. The number of benzene rings is 1. The van der Waals surface area contributed by atoms with Crippen molar-refractivity contribution >= 4 is 40.8 Å². The number of nitrogens with zero attached hydrogens (tertiary/aromatic N) is 2. The number of anilines is 1. The van der Waals surface area contributed by atoms with Crippen molar-refractivity contribution in [2.75, 3.05) is 18.4 Å². The summed E-state index contributed by atoms with van der Waals surface area (Å²) in [7, 11) is 0. The predicted octanol–water partition coefficient (Wildman–Crippen LogP) is 3.24. The predicted molar refractivity (Wildman–Crippen MR) is 113 cm³/mol. The molecule has 6 nitrogen and oxygen atoms in total. The van der Waals surface area contributed by atoms with Gasteiger partial charge >= 0.3 is 0 Å². The molecule has 0 unspecified atom stereocenters. The van der Waals surface area contributed by atoms with Crippen LogP contribution in [0.4, 0.5) is 5.69 Å². The third-order valence-electron chi connectivity index (χ3n) is 4.68. The first-order valence-corrected chi connectivity index (χ1v) is 9.10. The van der Waals surface area contributed by atoms with Gasteiger partial charge in [-0.3, -0.25) is 9.59 Å². The largest absolute Gasteiger partial charge is 0.342 e. The number of aromatic nitrogens is 1. The van der Waals surface area contributed by atoms with E-state index < -0.39 is 6.04 Å². The van der Waals surface area contributed by atoms with Gasteiger partial charge in [-0.25, -0.2) is 0 Å². The highest BCUT2D eigenvalue weighted by Crippen LogP contribution is 2.23. The molecule has 2 rings (SSSR count). The molecular formula is C20H31ClN4O2. The SMILES string of the molecule is CCN(CC)C(=O)Cn1ccc2cc(NC(=O)[C@@H](N)C(C)(C)C)ccc21.Cl. The van der Waals surface area contributed by atoms with E-state index in [1.54, 1.807) is 0 Å². The Balaban J connectivity index is 0.00000364. The zero-order valence-corrected chi connectivity index (χ0v) is 17.6. The van der Waals surface area contributed by atoms with Gasteiger partial charge in [0.2, 0.25) is 11.8 Å². The van der Waals surface area contributed by atoms with Crippen molar-refractivity contribution in [1.82, 2.24) is 9.47 Å². The maximum atomic E-state index is 12.3. The molecule has 7 heteroatoms. The van der Waals surface area contributed by atoms with Crippen LogP contribution < -0.4 is 11.1 Å². The van der Waals surface area contributed by atoms with E-state index in [-0.39, 0.29) is 29.6 Å². The average Bonchev–Trinajstić information content (AvgIpc) is 2.96. The lowest BCUT2D eigenvalue weighted by atomic mass is 9.87. The molecule has 0 saturated heterocycles. The van der Waals surface area contributed by atoms with Crippen molar-refractivity contribution in [3.63, 3.8) is 0 Å². The van der Waals surface area contributed by atoms with Gasteiger partial charge in [0.05, 0.1) is 6.04 Å². The fraction of sp³-hybridized carbons (Fsp3) is 0.500. The average molecular weight is 395 g/mol. The van der Waals surface area contributed by atoms with Crippen LogP contribution in [-0.2, 0) is 16.1 Å². The molecular weight excluding hydrogens is 364 g/mol. The third kappa shape index (κ3) is 5.47. The Morgan fingerprint density at radius 1 is 1.19 bits per heavy atom. The van der Waals surface area contributed by atoms with Crippen molar-refractivity contribution in [1.29, 1.82) is 0 Å². The van der Waals surface area contributed by atoms with Gasteiger partial charge in [-0.2, -0.15) is 0 Å². The molecule has 150 valence electrons. The highest BCUT2D eigenvalue weighted by atomic mass is 35.5. The smallest absolute Gasteiger partial charge is 0.242 e. The minimum atomic E-state index is -0.588.